The first-order chi connectivity index (χ1) is 9.78. The third-order valence-electron chi connectivity index (χ3n) is 3.75. The second-order valence-corrected chi connectivity index (χ2v) is 6.80. The molecular weight excluding hydrogens is 266 g/mol. The van der Waals surface area contributed by atoms with Crippen molar-refractivity contribution in [3.8, 4) is 0 Å². The van der Waals surface area contributed by atoms with Crippen LogP contribution in [-0.2, 0) is 11.2 Å². The van der Waals surface area contributed by atoms with E-state index in [0.29, 0.717) is 12.8 Å². The highest BCUT2D eigenvalue weighted by Crippen LogP contribution is 2.29. The second kappa shape index (κ2) is 6.06. The smallest absolute Gasteiger partial charge is 0.410 e. The SMILES string of the molecule is C[C@H]1C[C@@H](O)[C@H](Cc2ccccc2)N1C(=O)OC(C)(C)C. The fraction of sp³-hybridized carbons (Fsp3) is 0.588. The van der Waals surface area contributed by atoms with Gasteiger partial charge in [0.25, 0.3) is 0 Å². The molecule has 1 saturated heterocycles. The second-order valence-electron chi connectivity index (χ2n) is 6.80. The van der Waals surface area contributed by atoms with E-state index in [2.05, 4.69) is 0 Å². The van der Waals surface area contributed by atoms with Crippen molar-refractivity contribution in [1.82, 2.24) is 4.90 Å². The quantitative estimate of drug-likeness (QED) is 0.911. The largest absolute Gasteiger partial charge is 0.444 e. The number of aliphatic hydroxyl groups excluding tert-OH is 1. The van der Waals surface area contributed by atoms with Gasteiger partial charge in [-0.15, -0.1) is 0 Å². The van der Waals surface area contributed by atoms with Crippen LogP contribution in [0.3, 0.4) is 0 Å². The molecule has 1 fully saturated rings. The van der Waals surface area contributed by atoms with E-state index in [4.69, 9.17) is 4.74 Å². The number of amides is 1. The average molecular weight is 291 g/mol. The van der Waals surface area contributed by atoms with E-state index in [0.717, 1.165) is 5.56 Å². The van der Waals surface area contributed by atoms with Gasteiger partial charge in [0.1, 0.15) is 5.60 Å². The molecule has 1 amide bonds. The molecular formula is C17H25NO3. The minimum Gasteiger partial charge on any atom is -0.444 e. The molecule has 21 heavy (non-hydrogen) atoms. The normalized spacial score (nSPS) is 26.0. The van der Waals surface area contributed by atoms with E-state index in [1.807, 2.05) is 58.0 Å². The number of ether oxygens (including phenoxy) is 1. The van der Waals surface area contributed by atoms with Crippen molar-refractivity contribution in [3.05, 3.63) is 35.9 Å². The number of likely N-dealkylation sites (tertiary alicyclic amines) is 1. The van der Waals surface area contributed by atoms with Crippen LogP contribution in [0.15, 0.2) is 30.3 Å². The summed E-state index contributed by atoms with van der Waals surface area (Å²) in [5, 5.41) is 10.3. The molecule has 1 N–H and O–H groups in total. The van der Waals surface area contributed by atoms with Crippen LogP contribution in [0.5, 0.6) is 0 Å². The van der Waals surface area contributed by atoms with Crippen molar-refractivity contribution in [2.24, 2.45) is 0 Å². The number of hydrogen-bond acceptors (Lipinski definition) is 3. The molecule has 0 aliphatic carbocycles. The van der Waals surface area contributed by atoms with Crippen LogP contribution >= 0.6 is 0 Å². The van der Waals surface area contributed by atoms with Gasteiger partial charge in [-0.25, -0.2) is 4.79 Å². The fourth-order valence-corrected chi connectivity index (χ4v) is 2.85. The van der Waals surface area contributed by atoms with Gasteiger partial charge in [-0.05, 0) is 46.1 Å². The Kier molecular flexibility index (Phi) is 4.57. The minimum atomic E-state index is -0.526. The van der Waals surface area contributed by atoms with Crippen molar-refractivity contribution in [2.45, 2.75) is 64.3 Å². The van der Waals surface area contributed by atoms with E-state index in [1.54, 1.807) is 4.90 Å². The Bertz CT molecular complexity index is 481. The van der Waals surface area contributed by atoms with Gasteiger partial charge in [0.2, 0.25) is 0 Å². The third kappa shape index (κ3) is 3.97. The summed E-state index contributed by atoms with van der Waals surface area (Å²) >= 11 is 0. The summed E-state index contributed by atoms with van der Waals surface area (Å²) in [5.74, 6) is 0. The number of benzene rings is 1. The Morgan fingerprint density at radius 2 is 1.95 bits per heavy atom. The van der Waals surface area contributed by atoms with Gasteiger partial charge in [0.05, 0.1) is 12.1 Å². The molecule has 3 atom stereocenters. The number of carbonyl (C=O) groups excluding carboxylic acids is 1. The summed E-state index contributed by atoms with van der Waals surface area (Å²) in [6.07, 6.45) is 0.391. The monoisotopic (exact) mass is 291 g/mol. The topological polar surface area (TPSA) is 49.8 Å². The molecule has 2 rings (SSSR count). The zero-order valence-electron chi connectivity index (χ0n) is 13.2. The minimum absolute atomic E-state index is 0.0106. The maximum absolute atomic E-state index is 12.4. The van der Waals surface area contributed by atoms with Gasteiger partial charge < -0.3 is 9.84 Å². The number of rotatable bonds is 2. The fourth-order valence-electron chi connectivity index (χ4n) is 2.85. The molecule has 4 heteroatoms. The van der Waals surface area contributed by atoms with Crippen molar-refractivity contribution < 1.29 is 14.6 Å². The lowest BCUT2D eigenvalue weighted by Gasteiger charge is -2.32. The summed E-state index contributed by atoms with van der Waals surface area (Å²) in [5.41, 5.74) is 0.589. The van der Waals surface area contributed by atoms with Crippen molar-refractivity contribution in [1.29, 1.82) is 0 Å². The Labute approximate surface area is 126 Å². The molecule has 0 spiro atoms. The van der Waals surface area contributed by atoms with Gasteiger partial charge in [-0.1, -0.05) is 30.3 Å². The molecule has 1 aliphatic heterocycles. The molecule has 116 valence electrons. The first kappa shape index (κ1) is 15.8. The van der Waals surface area contributed by atoms with Gasteiger partial charge in [0.15, 0.2) is 0 Å². The molecule has 0 unspecified atom stereocenters. The molecule has 0 radical (unpaired) electrons. The van der Waals surface area contributed by atoms with Crippen LogP contribution in [0.1, 0.15) is 39.7 Å². The van der Waals surface area contributed by atoms with Crippen LogP contribution in [0.25, 0.3) is 0 Å². The highest BCUT2D eigenvalue weighted by molar-refractivity contribution is 5.69. The first-order valence-corrected chi connectivity index (χ1v) is 7.51. The molecule has 4 nitrogen and oxygen atoms in total. The lowest BCUT2D eigenvalue weighted by molar-refractivity contribution is 0.00999. The summed E-state index contributed by atoms with van der Waals surface area (Å²) in [4.78, 5) is 14.1. The van der Waals surface area contributed by atoms with E-state index in [9.17, 15) is 9.90 Å². The highest BCUT2D eigenvalue weighted by Gasteiger charge is 2.42. The predicted octanol–water partition coefficient (Wildman–Crippen LogP) is 2.99. The highest BCUT2D eigenvalue weighted by atomic mass is 16.6. The van der Waals surface area contributed by atoms with Crippen molar-refractivity contribution in [2.75, 3.05) is 0 Å². The summed E-state index contributed by atoms with van der Waals surface area (Å²) in [6, 6.07) is 9.70. The first-order valence-electron chi connectivity index (χ1n) is 7.51. The number of aliphatic hydroxyl groups is 1. The number of carbonyl (C=O) groups is 1. The van der Waals surface area contributed by atoms with Crippen LogP contribution in [-0.4, -0.2) is 39.9 Å². The number of hydrogen-bond donors (Lipinski definition) is 1. The van der Waals surface area contributed by atoms with Crippen LogP contribution in [0, 0.1) is 0 Å². The molecule has 0 bridgehead atoms. The molecule has 1 heterocycles. The van der Waals surface area contributed by atoms with Gasteiger partial charge in [0, 0.05) is 6.04 Å². The van der Waals surface area contributed by atoms with Gasteiger partial charge in [-0.2, -0.15) is 0 Å². The summed E-state index contributed by atoms with van der Waals surface area (Å²) < 4.78 is 5.48. The Morgan fingerprint density at radius 1 is 1.33 bits per heavy atom. The Balaban J connectivity index is 2.15. The zero-order valence-corrected chi connectivity index (χ0v) is 13.2. The van der Waals surface area contributed by atoms with E-state index in [1.165, 1.54) is 0 Å². The van der Waals surface area contributed by atoms with Gasteiger partial charge >= 0.3 is 6.09 Å². The molecule has 0 saturated carbocycles. The maximum atomic E-state index is 12.4. The maximum Gasteiger partial charge on any atom is 0.410 e. The predicted molar refractivity (Wildman–Crippen MR) is 82.1 cm³/mol. The standard InChI is InChI=1S/C17H25NO3/c1-12-10-15(19)14(11-13-8-6-5-7-9-13)18(12)16(20)21-17(2,3)4/h5-9,12,14-15,19H,10-11H2,1-4H3/t12-,14-,15+/m0/s1. The van der Waals surface area contributed by atoms with Crippen molar-refractivity contribution >= 4 is 6.09 Å². The Morgan fingerprint density at radius 3 is 2.52 bits per heavy atom. The van der Waals surface area contributed by atoms with E-state index in [-0.39, 0.29) is 18.2 Å². The average Bonchev–Trinajstić information content (AvgIpc) is 2.63. The molecule has 1 aromatic rings. The summed E-state index contributed by atoms with van der Waals surface area (Å²) in [6.45, 7) is 7.52. The molecule has 1 aliphatic rings. The van der Waals surface area contributed by atoms with Gasteiger partial charge in [-0.3, -0.25) is 4.90 Å². The van der Waals surface area contributed by atoms with Crippen LogP contribution < -0.4 is 0 Å². The van der Waals surface area contributed by atoms with Crippen LogP contribution in [0.4, 0.5) is 4.79 Å². The van der Waals surface area contributed by atoms with Crippen molar-refractivity contribution in [3.63, 3.8) is 0 Å². The number of nitrogens with zero attached hydrogens (tertiary/aromatic N) is 1. The lowest BCUT2D eigenvalue weighted by Crippen LogP contribution is -2.46. The van der Waals surface area contributed by atoms with E-state index >= 15 is 0 Å². The molecule has 1 aromatic carbocycles. The third-order valence-corrected chi connectivity index (χ3v) is 3.75. The molecule has 0 aromatic heterocycles. The van der Waals surface area contributed by atoms with Crippen LogP contribution in [0.2, 0.25) is 0 Å². The van der Waals surface area contributed by atoms with E-state index < -0.39 is 11.7 Å². The summed E-state index contributed by atoms with van der Waals surface area (Å²) in [7, 11) is 0. The zero-order chi connectivity index (χ0) is 15.6. The Hall–Kier alpha value is -1.55. The lowest BCUT2D eigenvalue weighted by atomic mass is 10.0.